The fourth-order valence-electron chi connectivity index (χ4n) is 1.42. The quantitative estimate of drug-likeness (QED) is 0.547. The van der Waals surface area contributed by atoms with E-state index in [-0.39, 0.29) is 0 Å². The Morgan fingerprint density at radius 3 is 2.85 bits per heavy atom. The first-order valence-electron chi connectivity index (χ1n) is 3.81. The van der Waals surface area contributed by atoms with Crippen LogP contribution < -0.4 is 16.4 Å². The van der Waals surface area contributed by atoms with Crippen molar-refractivity contribution in [2.24, 2.45) is 25.9 Å². The highest BCUT2D eigenvalue weighted by Crippen LogP contribution is 2.13. The van der Waals surface area contributed by atoms with E-state index in [0.717, 1.165) is 22.0 Å². The Labute approximate surface area is 73.0 Å². The van der Waals surface area contributed by atoms with Gasteiger partial charge in [-0.2, -0.15) is 10.2 Å². The summed E-state index contributed by atoms with van der Waals surface area (Å²) >= 11 is 0. The van der Waals surface area contributed by atoms with Crippen LogP contribution in [0.2, 0.25) is 0 Å². The highest BCUT2D eigenvalue weighted by Gasteiger charge is 2.12. The van der Waals surface area contributed by atoms with Crippen LogP contribution in [0.25, 0.3) is 0 Å². The monoisotopic (exact) mass is 171 g/mol. The third kappa shape index (κ3) is 0.752. The van der Waals surface area contributed by atoms with Gasteiger partial charge in [-0.15, -0.1) is 0 Å². The molecular formula is C8H5N5. The summed E-state index contributed by atoms with van der Waals surface area (Å²) < 4.78 is 0. The normalized spacial score (nSPS) is 15.8. The molecule has 1 aromatic carbocycles. The zero-order valence-electron chi connectivity index (χ0n) is 6.60. The molecular weight excluding hydrogens is 166 g/mol. The molecule has 0 aliphatic carbocycles. The number of aliphatic imine (C=N–C) groups is 1. The number of nitrogens with zero attached hydrogens (tertiary/aromatic N) is 4. The van der Waals surface area contributed by atoms with Crippen LogP contribution in [0.3, 0.4) is 0 Å². The molecule has 2 aliphatic rings. The van der Waals surface area contributed by atoms with Gasteiger partial charge in [0.05, 0.1) is 22.5 Å². The standard InChI is InChI=1S/C8H5N5/c9-8-11-6-2-1-5-4(3-10-13-5)7(6)12-8/h1-3H,(H2,9,11,12). The molecule has 2 N–H and O–H groups in total. The van der Waals surface area contributed by atoms with Crippen molar-refractivity contribution in [3.05, 3.63) is 28.4 Å². The van der Waals surface area contributed by atoms with Crippen molar-refractivity contribution in [1.82, 2.24) is 0 Å². The highest BCUT2D eigenvalue weighted by molar-refractivity contribution is 5.93. The van der Waals surface area contributed by atoms with Crippen LogP contribution in [0.1, 0.15) is 5.56 Å². The van der Waals surface area contributed by atoms with E-state index in [1.165, 1.54) is 0 Å². The lowest BCUT2D eigenvalue weighted by Crippen LogP contribution is -2.12. The minimum Gasteiger partial charge on any atom is -0.368 e. The molecule has 0 saturated carbocycles. The molecule has 0 unspecified atom stereocenters. The maximum Gasteiger partial charge on any atom is 0.221 e. The topological polar surface area (TPSA) is 75.5 Å². The Kier molecular flexibility index (Phi) is 0.999. The van der Waals surface area contributed by atoms with E-state index in [4.69, 9.17) is 5.73 Å². The fraction of sp³-hybridized carbons (Fsp3) is 0. The van der Waals surface area contributed by atoms with Gasteiger partial charge >= 0.3 is 0 Å². The molecule has 0 spiro atoms. The zero-order valence-corrected chi connectivity index (χ0v) is 6.60. The van der Waals surface area contributed by atoms with E-state index >= 15 is 0 Å². The molecule has 2 heterocycles. The van der Waals surface area contributed by atoms with Crippen molar-refractivity contribution in [1.29, 1.82) is 0 Å². The molecule has 62 valence electrons. The average Bonchev–Trinajstić information content (AvgIpc) is 2.65. The zero-order chi connectivity index (χ0) is 8.84. The van der Waals surface area contributed by atoms with Crippen molar-refractivity contribution in [2.45, 2.75) is 0 Å². The second kappa shape index (κ2) is 2.01. The summed E-state index contributed by atoms with van der Waals surface area (Å²) in [5.41, 5.74) is 7.17. The van der Waals surface area contributed by atoms with Gasteiger partial charge in [0.25, 0.3) is 0 Å². The second-order valence-corrected chi connectivity index (χ2v) is 2.79. The van der Waals surface area contributed by atoms with Crippen LogP contribution in [0.5, 0.6) is 0 Å². The molecule has 2 aliphatic heterocycles. The molecule has 0 saturated heterocycles. The number of guanidine groups is 1. The molecule has 0 bridgehead atoms. The van der Waals surface area contributed by atoms with E-state index in [9.17, 15) is 0 Å². The van der Waals surface area contributed by atoms with E-state index < -0.39 is 0 Å². The summed E-state index contributed by atoms with van der Waals surface area (Å²) in [6.07, 6.45) is 1.67. The molecule has 5 heteroatoms. The Morgan fingerprint density at radius 2 is 1.92 bits per heavy atom. The molecule has 0 amide bonds. The first-order valence-corrected chi connectivity index (χ1v) is 3.81. The van der Waals surface area contributed by atoms with E-state index in [2.05, 4.69) is 20.2 Å². The predicted molar refractivity (Wildman–Crippen MR) is 47.6 cm³/mol. The lowest BCUT2D eigenvalue weighted by Gasteiger charge is -1.91. The van der Waals surface area contributed by atoms with E-state index in [1.807, 2.05) is 12.1 Å². The number of fused-ring (bicyclic) bond motifs is 3. The molecule has 13 heavy (non-hydrogen) atoms. The van der Waals surface area contributed by atoms with Gasteiger partial charge in [-0.1, -0.05) is 0 Å². The van der Waals surface area contributed by atoms with Gasteiger partial charge in [-0.25, -0.2) is 9.98 Å². The van der Waals surface area contributed by atoms with Gasteiger partial charge in [0.15, 0.2) is 0 Å². The van der Waals surface area contributed by atoms with E-state index in [0.29, 0.717) is 5.96 Å². The first-order chi connectivity index (χ1) is 6.34. The van der Waals surface area contributed by atoms with Gasteiger partial charge < -0.3 is 5.73 Å². The summed E-state index contributed by atoms with van der Waals surface area (Å²) in [7, 11) is 0. The minimum atomic E-state index is 0.295. The van der Waals surface area contributed by atoms with Crippen LogP contribution in [0.4, 0.5) is 5.69 Å². The minimum absolute atomic E-state index is 0.295. The summed E-state index contributed by atoms with van der Waals surface area (Å²) in [5.74, 6) is 0.295. The Morgan fingerprint density at radius 1 is 1.08 bits per heavy atom. The highest BCUT2D eigenvalue weighted by atomic mass is 15.2. The summed E-state index contributed by atoms with van der Waals surface area (Å²) in [6, 6.07) is 3.70. The summed E-state index contributed by atoms with van der Waals surface area (Å²) in [6.45, 7) is 0. The number of benzene rings is 1. The fourth-order valence-corrected chi connectivity index (χ4v) is 1.42. The molecule has 1 aromatic rings. The molecule has 0 atom stereocenters. The van der Waals surface area contributed by atoms with E-state index in [1.54, 1.807) is 6.21 Å². The largest absolute Gasteiger partial charge is 0.368 e. The molecule has 0 aromatic heterocycles. The summed E-state index contributed by atoms with van der Waals surface area (Å²) in [4.78, 5) is 8.15. The average molecular weight is 171 g/mol. The Balaban J connectivity index is 2.50. The maximum absolute atomic E-state index is 5.49. The van der Waals surface area contributed by atoms with Crippen molar-refractivity contribution in [3.8, 4) is 0 Å². The van der Waals surface area contributed by atoms with Gasteiger partial charge in [0, 0.05) is 0 Å². The molecule has 3 rings (SSSR count). The third-order valence-electron chi connectivity index (χ3n) is 1.99. The van der Waals surface area contributed by atoms with Crippen molar-refractivity contribution >= 4 is 17.9 Å². The summed E-state index contributed by atoms with van der Waals surface area (Å²) in [5, 5.41) is 9.34. The first kappa shape index (κ1) is 6.47. The van der Waals surface area contributed by atoms with Crippen LogP contribution in [0, 0.1) is 0 Å². The number of nitrogens with two attached hydrogens (primary N) is 1. The number of rotatable bonds is 0. The Bertz CT molecular complexity index is 567. The van der Waals surface area contributed by atoms with Crippen LogP contribution in [-0.2, 0) is 0 Å². The SMILES string of the molecule is NC1=Nc2c3c(ccc2=N1)=NN=C3. The maximum atomic E-state index is 5.49. The lowest BCUT2D eigenvalue weighted by molar-refractivity contribution is 1.18. The number of hydrogen-bond acceptors (Lipinski definition) is 5. The van der Waals surface area contributed by atoms with Gasteiger partial charge in [-0.05, 0) is 12.1 Å². The number of hydrogen-bond donors (Lipinski definition) is 1. The lowest BCUT2D eigenvalue weighted by atomic mass is 10.2. The molecule has 0 radical (unpaired) electrons. The van der Waals surface area contributed by atoms with Gasteiger partial charge in [0.1, 0.15) is 5.69 Å². The Hall–Kier alpha value is -2.04. The van der Waals surface area contributed by atoms with Gasteiger partial charge in [0.2, 0.25) is 5.96 Å². The van der Waals surface area contributed by atoms with Crippen LogP contribution in [0.15, 0.2) is 32.3 Å². The van der Waals surface area contributed by atoms with Crippen molar-refractivity contribution < 1.29 is 0 Å². The molecule has 0 fully saturated rings. The van der Waals surface area contributed by atoms with Gasteiger partial charge in [-0.3, -0.25) is 0 Å². The smallest absolute Gasteiger partial charge is 0.221 e. The van der Waals surface area contributed by atoms with Crippen LogP contribution in [-0.4, -0.2) is 12.2 Å². The van der Waals surface area contributed by atoms with Crippen molar-refractivity contribution in [2.75, 3.05) is 0 Å². The predicted octanol–water partition coefficient (Wildman–Crippen LogP) is -0.767. The molecule has 5 nitrogen and oxygen atoms in total. The second-order valence-electron chi connectivity index (χ2n) is 2.79. The van der Waals surface area contributed by atoms with Crippen LogP contribution >= 0.6 is 0 Å². The van der Waals surface area contributed by atoms with Crippen molar-refractivity contribution in [3.63, 3.8) is 0 Å². The third-order valence-corrected chi connectivity index (χ3v) is 1.99.